The number of carbonyl (C=O) groups excluding carboxylic acids is 1. The van der Waals surface area contributed by atoms with Crippen molar-refractivity contribution in [2.24, 2.45) is 5.92 Å². The van der Waals surface area contributed by atoms with E-state index in [0.29, 0.717) is 19.1 Å². The van der Waals surface area contributed by atoms with Crippen LogP contribution >= 0.6 is 0 Å². The van der Waals surface area contributed by atoms with Gasteiger partial charge in [0.15, 0.2) is 5.69 Å². The fraction of sp³-hybridized carbons (Fsp3) is 0.714. The van der Waals surface area contributed by atoms with E-state index in [1.165, 1.54) is 25.5 Å². The lowest BCUT2D eigenvalue weighted by molar-refractivity contribution is -0.0697. The summed E-state index contributed by atoms with van der Waals surface area (Å²) in [4.78, 5) is 12.0. The van der Waals surface area contributed by atoms with E-state index in [4.69, 9.17) is 9.47 Å². The Morgan fingerprint density at radius 2 is 2.35 bits per heavy atom. The standard InChI is InChI=1S/C14H20N2O4/c17-14(11-4-7-20-16-11)15-12-9-18-6-5-13(12)19-8-10-2-1-3-10/h4,7,10,12-13H,1-3,5-6,8-9H2,(H,15,17)/t12-,13+/m1/s1. The third kappa shape index (κ3) is 3.19. The Labute approximate surface area is 117 Å². The highest BCUT2D eigenvalue weighted by molar-refractivity contribution is 5.92. The number of carbonyl (C=O) groups is 1. The van der Waals surface area contributed by atoms with E-state index in [9.17, 15) is 4.79 Å². The van der Waals surface area contributed by atoms with Gasteiger partial charge in [-0.15, -0.1) is 0 Å². The van der Waals surface area contributed by atoms with Crippen LogP contribution in [0.5, 0.6) is 0 Å². The van der Waals surface area contributed by atoms with Crippen molar-refractivity contribution in [3.8, 4) is 0 Å². The quantitative estimate of drug-likeness (QED) is 0.882. The summed E-state index contributed by atoms with van der Waals surface area (Å²) >= 11 is 0. The maximum atomic E-state index is 12.0. The van der Waals surface area contributed by atoms with Gasteiger partial charge in [-0.25, -0.2) is 0 Å². The minimum Gasteiger partial charge on any atom is -0.379 e. The Hall–Kier alpha value is -1.40. The van der Waals surface area contributed by atoms with E-state index in [1.54, 1.807) is 6.07 Å². The Morgan fingerprint density at radius 3 is 3.05 bits per heavy atom. The number of rotatable bonds is 5. The lowest BCUT2D eigenvalue weighted by Gasteiger charge is -2.34. The second-order valence-electron chi connectivity index (χ2n) is 5.50. The molecule has 0 radical (unpaired) electrons. The average molecular weight is 280 g/mol. The summed E-state index contributed by atoms with van der Waals surface area (Å²) in [5.74, 6) is 0.455. The summed E-state index contributed by atoms with van der Waals surface area (Å²) in [6.45, 7) is 1.96. The smallest absolute Gasteiger partial charge is 0.273 e. The fourth-order valence-electron chi connectivity index (χ4n) is 2.54. The number of nitrogens with one attached hydrogen (secondary N) is 1. The summed E-state index contributed by atoms with van der Waals surface area (Å²) in [7, 11) is 0. The SMILES string of the molecule is O=C(N[C@@H]1COCC[C@@H]1OCC1CCC1)c1ccon1. The Kier molecular flexibility index (Phi) is 4.32. The van der Waals surface area contributed by atoms with Crippen LogP contribution in [-0.4, -0.2) is 43.0 Å². The van der Waals surface area contributed by atoms with E-state index in [1.807, 2.05) is 0 Å². The molecule has 1 N–H and O–H groups in total. The number of nitrogens with zero attached hydrogens (tertiary/aromatic N) is 1. The van der Waals surface area contributed by atoms with Crippen LogP contribution in [0.1, 0.15) is 36.2 Å². The lowest BCUT2D eigenvalue weighted by Crippen LogP contribution is -2.51. The van der Waals surface area contributed by atoms with E-state index >= 15 is 0 Å². The van der Waals surface area contributed by atoms with Crippen molar-refractivity contribution >= 4 is 5.91 Å². The summed E-state index contributed by atoms with van der Waals surface area (Å²) in [6, 6.07) is 1.43. The summed E-state index contributed by atoms with van der Waals surface area (Å²) in [5.41, 5.74) is 0.285. The van der Waals surface area contributed by atoms with Gasteiger partial charge in [0.1, 0.15) is 6.26 Å². The first-order valence-electron chi connectivity index (χ1n) is 7.23. The normalized spacial score (nSPS) is 27.0. The monoisotopic (exact) mass is 280 g/mol. The molecule has 1 saturated heterocycles. The number of ether oxygens (including phenoxy) is 2. The zero-order valence-electron chi connectivity index (χ0n) is 11.4. The van der Waals surface area contributed by atoms with E-state index in [0.717, 1.165) is 13.0 Å². The molecule has 110 valence electrons. The highest BCUT2D eigenvalue weighted by atomic mass is 16.5. The molecule has 1 aliphatic carbocycles. The molecule has 1 saturated carbocycles. The minimum absolute atomic E-state index is 0.0280. The maximum absolute atomic E-state index is 12.0. The van der Waals surface area contributed by atoms with Crippen molar-refractivity contribution in [1.29, 1.82) is 0 Å². The highest BCUT2D eigenvalue weighted by Crippen LogP contribution is 2.27. The molecule has 1 aromatic heterocycles. The van der Waals surface area contributed by atoms with Crippen LogP contribution in [0.15, 0.2) is 16.9 Å². The van der Waals surface area contributed by atoms with Gasteiger partial charge in [0.2, 0.25) is 0 Å². The molecule has 0 unspecified atom stereocenters. The van der Waals surface area contributed by atoms with E-state index < -0.39 is 0 Å². The first-order valence-corrected chi connectivity index (χ1v) is 7.23. The molecule has 0 aromatic carbocycles. The van der Waals surface area contributed by atoms with Crippen LogP contribution in [-0.2, 0) is 9.47 Å². The van der Waals surface area contributed by atoms with Gasteiger partial charge in [0, 0.05) is 19.3 Å². The molecule has 6 heteroatoms. The van der Waals surface area contributed by atoms with E-state index in [-0.39, 0.29) is 23.7 Å². The molecule has 2 aliphatic rings. The van der Waals surface area contributed by atoms with Crippen molar-refractivity contribution in [3.63, 3.8) is 0 Å². The molecule has 1 amide bonds. The van der Waals surface area contributed by atoms with Gasteiger partial charge >= 0.3 is 0 Å². The molecule has 0 bridgehead atoms. The third-order valence-electron chi connectivity index (χ3n) is 4.05. The number of hydrogen-bond donors (Lipinski definition) is 1. The molecule has 1 aromatic rings. The number of amides is 1. The highest BCUT2D eigenvalue weighted by Gasteiger charge is 2.30. The van der Waals surface area contributed by atoms with Crippen LogP contribution in [0.3, 0.4) is 0 Å². The van der Waals surface area contributed by atoms with Crippen LogP contribution < -0.4 is 5.32 Å². The Balaban J connectivity index is 1.52. The Bertz CT molecular complexity index is 430. The molecule has 2 fully saturated rings. The summed E-state index contributed by atoms with van der Waals surface area (Å²) in [6.07, 6.45) is 6.07. The van der Waals surface area contributed by atoms with Crippen molar-refractivity contribution < 1.29 is 18.8 Å². The zero-order valence-corrected chi connectivity index (χ0v) is 11.4. The van der Waals surface area contributed by atoms with Gasteiger partial charge in [-0.3, -0.25) is 4.79 Å². The molecular weight excluding hydrogens is 260 g/mol. The predicted molar refractivity (Wildman–Crippen MR) is 70.3 cm³/mol. The summed E-state index contributed by atoms with van der Waals surface area (Å²) < 4.78 is 16.1. The van der Waals surface area contributed by atoms with Crippen LogP contribution in [0, 0.1) is 5.92 Å². The first-order chi connectivity index (χ1) is 9.83. The lowest BCUT2D eigenvalue weighted by atomic mass is 9.86. The average Bonchev–Trinajstić information content (AvgIpc) is 2.93. The maximum Gasteiger partial charge on any atom is 0.273 e. The van der Waals surface area contributed by atoms with Crippen molar-refractivity contribution in [3.05, 3.63) is 18.0 Å². The van der Waals surface area contributed by atoms with Gasteiger partial charge < -0.3 is 19.3 Å². The summed E-state index contributed by atoms with van der Waals surface area (Å²) in [5, 5.41) is 6.55. The number of aromatic nitrogens is 1. The molecular formula is C14H20N2O4. The molecule has 2 atom stereocenters. The van der Waals surface area contributed by atoms with E-state index in [2.05, 4.69) is 15.0 Å². The van der Waals surface area contributed by atoms with Gasteiger partial charge in [-0.1, -0.05) is 11.6 Å². The van der Waals surface area contributed by atoms with Crippen LogP contribution in [0.4, 0.5) is 0 Å². The van der Waals surface area contributed by atoms with Gasteiger partial charge in [0.05, 0.1) is 18.8 Å². The number of hydrogen-bond acceptors (Lipinski definition) is 5. The molecule has 0 spiro atoms. The molecule has 3 rings (SSSR count). The Morgan fingerprint density at radius 1 is 1.45 bits per heavy atom. The van der Waals surface area contributed by atoms with Gasteiger partial charge in [-0.05, 0) is 25.2 Å². The van der Waals surface area contributed by atoms with Crippen molar-refractivity contribution in [2.45, 2.75) is 37.8 Å². The van der Waals surface area contributed by atoms with Crippen molar-refractivity contribution in [2.75, 3.05) is 19.8 Å². The molecule has 20 heavy (non-hydrogen) atoms. The molecule has 1 aliphatic heterocycles. The largest absolute Gasteiger partial charge is 0.379 e. The molecule has 6 nitrogen and oxygen atoms in total. The van der Waals surface area contributed by atoms with Crippen LogP contribution in [0.2, 0.25) is 0 Å². The fourth-order valence-corrected chi connectivity index (χ4v) is 2.54. The second kappa shape index (κ2) is 6.37. The van der Waals surface area contributed by atoms with Crippen molar-refractivity contribution in [1.82, 2.24) is 10.5 Å². The second-order valence-corrected chi connectivity index (χ2v) is 5.50. The zero-order chi connectivity index (χ0) is 13.8. The minimum atomic E-state index is -0.244. The third-order valence-corrected chi connectivity index (χ3v) is 4.05. The first kappa shape index (κ1) is 13.6. The topological polar surface area (TPSA) is 73.6 Å². The van der Waals surface area contributed by atoms with Gasteiger partial charge in [0.25, 0.3) is 5.91 Å². The van der Waals surface area contributed by atoms with Crippen LogP contribution in [0.25, 0.3) is 0 Å². The molecule has 2 heterocycles. The predicted octanol–water partition coefficient (Wildman–Crippen LogP) is 1.38. The van der Waals surface area contributed by atoms with Gasteiger partial charge in [-0.2, -0.15) is 0 Å².